The van der Waals surface area contributed by atoms with E-state index >= 15 is 0 Å². The summed E-state index contributed by atoms with van der Waals surface area (Å²) in [6.45, 7) is 6.74. The maximum Gasteiger partial charge on any atom is 0.226 e. The zero-order valence-corrected chi connectivity index (χ0v) is 16.4. The highest BCUT2D eigenvalue weighted by Gasteiger charge is 2.14. The van der Waals surface area contributed by atoms with Crippen molar-refractivity contribution < 1.29 is 4.79 Å². The van der Waals surface area contributed by atoms with Crippen molar-refractivity contribution in [3.8, 4) is 10.6 Å². The Bertz CT molecular complexity index is 678. The van der Waals surface area contributed by atoms with E-state index in [-0.39, 0.29) is 5.91 Å². The smallest absolute Gasteiger partial charge is 0.226 e. The van der Waals surface area contributed by atoms with E-state index in [9.17, 15) is 4.79 Å². The van der Waals surface area contributed by atoms with Gasteiger partial charge in [-0.15, -0.1) is 11.3 Å². The fraction of sp³-hybridized carbons (Fsp3) is 0.524. The standard InChI is InChI=1S/C21H29N3OS/c1-17-9-13-24(14-10-17)12-6-5-11-22-20(25)15-19-16-26-21(23-19)18-7-3-2-4-8-18/h2-4,7-8,16-17H,5-6,9-15H2,1H3,(H,22,25). The number of amides is 1. The predicted molar refractivity (Wildman–Crippen MR) is 108 cm³/mol. The minimum atomic E-state index is 0.0710. The van der Waals surface area contributed by atoms with Crippen molar-refractivity contribution in [1.82, 2.24) is 15.2 Å². The lowest BCUT2D eigenvalue weighted by Gasteiger charge is -2.30. The zero-order valence-electron chi connectivity index (χ0n) is 15.6. The van der Waals surface area contributed by atoms with E-state index in [2.05, 4.69) is 22.1 Å². The van der Waals surface area contributed by atoms with Gasteiger partial charge in [-0.05, 0) is 51.2 Å². The molecule has 0 bridgehead atoms. The van der Waals surface area contributed by atoms with Gasteiger partial charge in [-0.2, -0.15) is 0 Å². The molecule has 3 rings (SSSR count). The van der Waals surface area contributed by atoms with Crippen molar-refractivity contribution in [3.63, 3.8) is 0 Å². The number of nitrogens with zero attached hydrogens (tertiary/aromatic N) is 2. The quantitative estimate of drug-likeness (QED) is 0.714. The Morgan fingerprint density at radius 3 is 2.77 bits per heavy atom. The molecule has 1 saturated heterocycles. The van der Waals surface area contributed by atoms with Crippen molar-refractivity contribution in [1.29, 1.82) is 0 Å². The van der Waals surface area contributed by atoms with Crippen LogP contribution < -0.4 is 5.32 Å². The molecule has 0 unspecified atom stereocenters. The number of likely N-dealkylation sites (tertiary alicyclic amines) is 1. The molecule has 1 N–H and O–H groups in total. The fourth-order valence-corrected chi connectivity index (χ4v) is 4.13. The highest BCUT2D eigenvalue weighted by molar-refractivity contribution is 7.13. The molecule has 1 aliphatic heterocycles. The van der Waals surface area contributed by atoms with Gasteiger partial charge in [0, 0.05) is 17.5 Å². The van der Waals surface area contributed by atoms with Gasteiger partial charge in [0.2, 0.25) is 5.91 Å². The first-order valence-corrected chi connectivity index (χ1v) is 10.6. The third-order valence-electron chi connectivity index (χ3n) is 5.01. The first kappa shape index (κ1) is 19.1. The van der Waals surface area contributed by atoms with Crippen molar-refractivity contribution in [2.75, 3.05) is 26.2 Å². The van der Waals surface area contributed by atoms with Crippen molar-refractivity contribution >= 4 is 17.2 Å². The first-order chi connectivity index (χ1) is 12.7. The summed E-state index contributed by atoms with van der Waals surface area (Å²) in [5.74, 6) is 0.959. The van der Waals surface area contributed by atoms with Crippen molar-refractivity contribution in [2.24, 2.45) is 5.92 Å². The lowest BCUT2D eigenvalue weighted by atomic mass is 9.99. The molecule has 0 spiro atoms. The summed E-state index contributed by atoms with van der Waals surface area (Å²) >= 11 is 1.60. The Morgan fingerprint density at radius 1 is 1.23 bits per heavy atom. The summed E-state index contributed by atoms with van der Waals surface area (Å²) in [7, 11) is 0. The average molecular weight is 372 g/mol. The molecule has 140 valence electrons. The van der Waals surface area contributed by atoms with E-state index in [1.165, 1.54) is 25.9 Å². The number of thiazole rings is 1. The molecule has 1 fully saturated rings. The van der Waals surface area contributed by atoms with Crippen LogP contribution in [-0.4, -0.2) is 42.0 Å². The van der Waals surface area contributed by atoms with E-state index < -0.39 is 0 Å². The maximum absolute atomic E-state index is 12.1. The third kappa shape index (κ3) is 5.92. The summed E-state index contributed by atoms with van der Waals surface area (Å²) in [5.41, 5.74) is 1.96. The molecule has 1 amide bonds. The second-order valence-corrected chi connectivity index (χ2v) is 8.13. The molecule has 0 radical (unpaired) electrons. The number of nitrogens with one attached hydrogen (secondary N) is 1. The van der Waals surface area contributed by atoms with Crippen LogP contribution in [0.25, 0.3) is 10.6 Å². The molecule has 5 heteroatoms. The summed E-state index contributed by atoms with van der Waals surface area (Å²) < 4.78 is 0. The van der Waals surface area contributed by atoms with Crippen LogP contribution in [0.15, 0.2) is 35.7 Å². The van der Waals surface area contributed by atoms with Gasteiger partial charge >= 0.3 is 0 Å². The molecule has 4 nitrogen and oxygen atoms in total. The normalized spacial score (nSPS) is 15.9. The summed E-state index contributed by atoms with van der Waals surface area (Å²) in [6, 6.07) is 10.1. The number of carbonyl (C=O) groups excluding carboxylic acids is 1. The van der Waals surface area contributed by atoms with E-state index in [4.69, 9.17) is 0 Å². The molecule has 1 aromatic carbocycles. The Balaban J connectivity index is 1.31. The molecule has 0 atom stereocenters. The van der Waals surface area contributed by atoms with E-state index in [1.54, 1.807) is 11.3 Å². The highest BCUT2D eigenvalue weighted by Crippen LogP contribution is 2.23. The van der Waals surface area contributed by atoms with Crippen LogP contribution in [0.2, 0.25) is 0 Å². The minimum Gasteiger partial charge on any atom is -0.356 e. The SMILES string of the molecule is CC1CCN(CCCCNC(=O)Cc2csc(-c3ccccc3)n2)CC1. The monoisotopic (exact) mass is 371 g/mol. The number of hydrogen-bond donors (Lipinski definition) is 1. The molecule has 0 aliphatic carbocycles. The molecule has 1 aliphatic rings. The van der Waals surface area contributed by atoms with E-state index in [1.807, 2.05) is 35.7 Å². The first-order valence-electron chi connectivity index (χ1n) is 9.69. The van der Waals surface area contributed by atoms with Gasteiger partial charge in [-0.25, -0.2) is 4.98 Å². The van der Waals surface area contributed by atoms with Crippen LogP contribution in [0.1, 0.15) is 38.3 Å². The van der Waals surface area contributed by atoms with Crippen molar-refractivity contribution in [2.45, 2.75) is 39.0 Å². The number of carbonyl (C=O) groups is 1. The Kier molecular flexibility index (Phi) is 7.21. The Morgan fingerprint density at radius 2 is 2.00 bits per heavy atom. The van der Waals surface area contributed by atoms with E-state index in [0.29, 0.717) is 6.42 Å². The number of hydrogen-bond acceptors (Lipinski definition) is 4. The molecule has 2 heterocycles. The van der Waals surface area contributed by atoms with Gasteiger partial charge in [0.25, 0.3) is 0 Å². The Hall–Kier alpha value is -1.72. The molecular weight excluding hydrogens is 342 g/mol. The number of benzene rings is 1. The number of unbranched alkanes of at least 4 members (excludes halogenated alkanes) is 1. The lowest BCUT2D eigenvalue weighted by Crippen LogP contribution is -2.34. The number of rotatable bonds is 8. The predicted octanol–water partition coefficient (Wildman–Crippen LogP) is 3.98. The van der Waals surface area contributed by atoms with Crippen molar-refractivity contribution in [3.05, 3.63) is 41.4 Å². The molecular formula is C21H29N3OS. The zero-order chi connectivity index (χ0) is 18.2. The second-order valence-electron chi connectivity index (χ2n) is 7.27. The van der Waals surface area contributed by atoms with Gasteiger partial charge in [0.15, 0.2) is 0 Å². The van der Waals surface area contributed by atoms with Crippen LogP contribution >= 0.6 is 11.3 Å². The molecule has 1 aromatic heterocycles. The summed E-state index contributed by atoms with van der Waals surface area (Å²) in [4.78, 5) is 19.2. The minimum absolute atomic E-state index is 0.0710. The number of piperidine rings is 1. The topological polar surface area (TPSA) is 45.2 Å². The fourth-order valence-electron chi connectivity index (χ4n) is 3.30. The van der Waals surface area contributed by atoms with Gasteiger partial charge in [-0.3, -0.25) is 4.79 Å². The lowest BCUT2D eigenvalue weighted by molar-refractivity contribution is -0.120. The van der Waals surface area contributed by atoms with Gasteiger partial charge in [-0.1, -0.05) is 37.3 Å². The van der Waals surface area contributed by atoms with Crippen LogP contribution in [0.5, 0.6) is 0 Å². The number of aromatic nitrogens is 1. The average Bonchev–Trinajstić information content (AvgIpc) is 3.12. The molecule has 0 saturated carbocycles. The van der Waals surface area contributed by atoms with Gasteiger partial charge < -0.3 is 10.2 Å². The van der Waals surface area contributed by atoms with Crippen LogP contribution in [0, 0.1) is 5.92 Å². The Labute approximate surface area is 160 Å². The highest BCUT2D eigenvalue weighted by atomic mass is 32.1. The summed E-state index contributed by atoms with van der Waals surface area (Å²) in [5, 5.41) is 5.99. The largest absolute Gasteiger partial charge is 0.356 e. The molecule has 2 aromatic rings. The van der Waals surface area contributed by atoms with Crippen LogP contribution in [-0.2, 0) is 11.2 Å². The second kappa shape index (κ2) is 9.83. The third-order valence-corrected chi connectivity index (χ3v) is 5.95. The molecule has 26 heavy (non-hydrogen) atoms. The van der Waals surface area contributed by atoms with E-state index in [0.717, 1.165) is 48.1 Å². The van der Waals surface area contributed by atoms with Crippen LogP contribution in [0.3, 0.4) is 0 Å². The van der Waals surface area contributed by atoms with Gasteiger partial charge in [0.05, 0.1) is 12.1 Å². The summed E-state index contributed by atoms with van der Waals surface area (Å²) in [6.07, 6.45) is 5.23. The van der Waals surface area contributed by atoms with Gasteiger partial charge in [0.1, 0.15) is 5.01 Å². The maximum atomic E-state index is 12.1. The van der Waals surface area contributed by atoms with Crippen LogP contribution in [0.4, 0.5) is 0 Å².